The molecule has 1 heterocycles. The Labute approximate surface area is 166 Å². The standard InChI is InChI=1S/C23H26N4O/c1-3-17(2)24-21-14-15-22(27-26-21)25-23(28)16-20(18-10-6-4-7-11-18)19-12-8-5-9-13-19/h4-15,17,20H,3,16H2,1-2H3,(H,24,26)(H,25,27,28). The summed E-state index contributed by atoms with van der Waals surface area (Å²) in [5.74, 6) is 1.06. The summed E-state index contributed by atoms with van der Waals surface area (Å²) in [6.07, 6.45) is 1.34. The SMILES string of the molecule is CCC(C)Nc1ccc(NC(=O)CC(c2ccccc2)c2ccccc2)nn1. The predicted octanol–water partition coefficient (Wildman–Crippen LogP) is 4.85. The van der Waals surface area contributed by atoms with E-state index in [9.17, 15) is 4.79 Å². The van der Waals surface area contributed by atoms with Crippen molar-refractivity contribution in [3.05, 3.63) is 83.9 Å². The summed E-state index contributed by atoms with van der Waals surface area (Å²) < 4.78 is 0. The number of hydrogen-bond acceptors (Lipinski definition) is 4. The molecule has 1 aromatic heterocycles. The number of hydrogen-bond donors (Lipinski definition) is 2. The number of anilines is 2. The van der Waals surface area contributed by atoms with Crippen molar-refractivity contribution in [2.24, 2.45) is 0 Å². The first-order valence-corrected chi connectivity index (χ1v) is 9.65. The third-order valence-electron chi connectivity index (χ3n) is 4.73. The summed E-state index contributed by atoms with van der Waals surface area (Å²) in [5, 5.41) is 14.4. The smallest absolute Gasteiger partial charge is 0.226 e. The van der Waals surface area contributed by atoms with Gasteiger partial charge >= 0.3 is 0 Å². The molecule has 3 aromatic rings. The molecule has 0 spiro atoms. The minimum absolute atomic E-state index is 0.0123. The van der Waals surface area contributed by atoms with Gasteiger partial charge in [-0.2, -0.15) is 0 Å². The second-order valence-electron chi connectivity index (χ2n) is 6.88. The van der Waals surface area contributed by atoms with Crippen LogP contribution in [0.3, 0.4) is 0 Å². The van der Waals surface area contributed by atoms with Crippen LogP contribution in [0, 0.1) is 0 Å². The van der Waals surface area contributed by atoms with Crippen LogP contribution in [0.4, 0.5) is 11.6 Å². The van der Waals surface area contributed by atoms with Crippen LogP contribution in [-0.2, 0) is 4.79 Å². The highest BCUT2D eigenvalue weighted by molar-refractivity contribution is 5.90. The van der Waals surface area contributed by atoms with Crippen LogP contribution in [0.2, 0.25) is 0 Å². The summed E-state index contributed by atoms with van der Waals surface area (Å²) >= 11 is 0. The van der Waals surface area contributed by atoms with Crippen molar-refractivity contribution in [1.29, 1.82) is 0 Å². The highest BCUT2D eigenvalue weighted by Crippen LogP contribution is 2.28. The van der Waals surface area contributed by atoms with Crippen molar-refractivity contribution in [1.82, 2.24) is 10.2 Å². The largest absolute Gasteiger partial charge is 0.366 e. The third kappa shape index (κ3) is 5.39. The minimum Gasteiger partial charge on any atom is -0.366 e. The van der Waals surface area contributed by atoms with E-state index in [4.69, 9.17) is 0 Å². The van der Waals surface area contributed by atoms with Gasteiger partial charge in [-0.3, -0.25) is 4.79 Å². The summed E-state index contributed by atoms with van der Waals surface area (Å²) in [5.41, 5.74) is 2.23. The van der Waals surface area contributed by atoms with Gasteiger partial charge in [-0.1, -0.05) is 67.6 Å². The highest BCUT2D eigenvalue weighted by Gasteiger charge is 2.18. The maximum atomic E-state index is 12.7. The zero-order valence-corrected chi connectivity index (χ0v) is 16.3. The Morgan fingerprint density at radius 3 is 1.89 bits per heavy atom. The number of carbonyl (C=O) groups is 1. The topological polar surface area (TPSA) is 66.9 Å². The Morgan fingerprint density at radius 2 is 1.39 bits per heavy atom. The molecule has 28 heavy (non-hydrogen) atoms. The normalized spacial score (nSPS) is 11.8. The van der Waals surface area contributed by atoms with E-state index in [0.717, 1.165) is 17.5 Å². The van der Waals surface area contributed by atoms with Gasteiger partial charge in [-0.25, -0.2) is 0 Å². The quantitative estimate of drug-likeness (QED) is 0.592. The van der Waals surface area contributed by atoms with Crippen LogP contribution in [0.15, 0.2) is 72.8 Å². The predicted molar refractivity (Wildman–Crippen MR) is 113 cm³/mol. The number of amides is 1. The molecule has 0 radical (unpaired) electrons. The molecule has 2 N–H and O–H groups in total. The molecule has 0 bridgehead atoms. The minimum atomic E-state index is -0.0883. The first-order valence-electron chi connectivity index (χ1n) is 9.65. The first-order chi connectivity index (χ1) is 13.7. The fraction of sp³-hybridized carbons (Fsp3) is 0.261. The highest BCUT2D eigenvalue weighted by atomic mass is 16.1. The molecule has 2 aromatic carbocycles. The average molecular weight is 374 g/mol. The van der Waals surface area contributed by atoms with E-state index >= 15 is 0 Å². The average Bonchev–Trinajstić information content (AvgIpc) is 2.74. The van der Waals surface area contributed by atoms with Crippen LogP contribution in [0.1, 0.15) is 43.7 Å². The Morgan fingerprint density at radius 1 is 0.857 bits per heavy atom. The molecule has 144 valence electrons. The number of aromatic nitrogens is 2. The lowest BCUT2D eigenvalue weighted by atomic mass is 9.88. The molecule has 0 aliphatic rings. The van der Waals surface area contributed by atoms with Gasteiger partial charge in [-0.05, 0) is 36.6 Å². The number of rotatable bonds is 8. The summed E-state index contributed by atoms with van der Waals surface area (Å²) in [6, 6.07) is 24.1. The fourth-order valence-corrected chi connectivity index (χ4v) is 3.01. The van der Waals surface area contributed by atoms with Gasteiger partial charge in [0.15, 0.2) is 5.82 Å². The van der Waals surface area contributed by atoms with E-state index in [1.165, 1.54) is 0 Å². The number of benzene rings is 2. The lowest BCUT2D eigenvalue weighted by Gasteiger charge is -2.18. The Bertz CT molecular complexity index is 827. The maximum absolute atomic E-state index is 12.7. The first kappa shape index (κ1) is 19.5. The molecular formula is C23H26N4O. The van der Waals surface area contributed by atoms with Gasteiger partial charge in [-0.15, -0.1) is 10.2 Å². The van der Waals surface area contributed by atoms with E-state index in [-0.39, 0.29) is 11.8 Å². The molecule has 5 heteroatoms. The molecular weight excluding hydrogens is 348 g/mol. The molecule has 5 nitrogen and oxygen atoms in total. The molecule has 1 unspecified atom stereocenters. The van der Waals surface area contributed by atoms with Crippen molar-refractivity contribution in [2.45, 2.75) is 38.6 Å². The summed E-state index contributed by atoms with van der Waals surface area (Å²) in [4.78, 5) is 12.7. The van der Waals surface area contributed by atoms with E-state index in [2.05, 4.69) is 58.9 Å². The number of nitrogens with one attached hydrogen (secondary N) is 2. The van der Waals surface area contributed by atoms with Crippen molar-refractivity contribution in [3.8, 4) is 0 Å². The van der Waals surface area contributed by atoms with Crippen LogP contribution in [0.5, 0.6) is 0 Å². The van der Waals surface area contributed by atoms with Gasteiger partial charge in [0.25, 0.3) is 0 Å². The second-order valence-corrected chi connectivity index (χ2v) is 6.88. The third-order valence-corrected chi connectivity index (χ3v) is 4.73. The van der Waals surface area contributed by atoms with Gasteiger partial charge in [0.2, 0.25) is 5.91 Å². The number of carbonyl (C=O) groups excluding carboxylic acids is 1. The van der Waals surface area contributed by atoms with Gasteiger partial charge in [0.05, 0.1) is 0 Å². The van der Waals surface area contributed by atoms with Crippen molar-refractivity contribution in [2.75, 3.05) is 10.6 Å². The van der Waals surface area contributed by atoms with E-state index in [1.807, 2.05) is 42.5 Å². The van der Waals surface area contributed by atoms with Crippen LogP contribution in [-0.4, -0.2) is 22.1 Å². The Balaban J connectivity index is 1.69. The fourth-order valence-electron chi connectivity index (χ4n) is 3.01. The molecule has 0 saturated carbocycles. The van der Waals surface area contributed by atoms with Crippen molar-refractivity contribution >= 4 is 17.5 Å². The van der Waals surface area contributed by atoms with Crippen molar-refractivity contribution in [3.63, 3.8) is 0 Å². The van der Waals surface area contributed by atoms with E-state index < -0.39 is 0 Å². The van der Waals surface area contributed by atoms with E-state index in [0.29, 0.717) is 24.1 Å². The molecule has 0 saturated heterocycles. The van der Waals surface area contributed by atoms with E-state index in [1.54, 1.807) is 6.07 Å². The molecule has 0 aliphatic heterocycles. The summed E-state index contributed by atoms with van der Waals surface area (Å²) in [6.45, 7) is 4.19. The van der Waals surface area contributed by atoms with Gasteiger partial charge in [0, 0.05) is 18.4 Å². The summed E-state index contributed by atoms with van der Waals surface area (Å²) in [7, 11) is 0. The molecule has 1 atom stereocenters. The monoisotopic (exact) mass is 374 g/mol. The Kier molecular flexibility index (Phi) is 6.73. The lowest BCUT2D eigenvalue weighted by Crippen LogP contribution is -2.18. The van der Waals surface area contributed by atoms with Crippen molar-refractivity contribution < 1.29 is 4.79 Å². The maximum Gasteiger partial charge on any atom is 0.226 e. The molecule has 1 amide bonds. The molecule has 0 aliphatic carbocycles. The zero-order valence-electron chi connectivity index (χ0n) is 16.3. The van der Waals surface area contributed by atoms with Gasteiger partial charge < -0.3 is 10.6 Å². The molecule has 0 fully saturated rings. The lowest BCUT2D eigenvalue weighted by molar-refractivity contribution is -0.116. The number of nitrogens with zero attached hydrogens (tertiary/aromatic N) is 2. The Hall–Kier alpha value is -3.21. The van der Waals surface area contributed by atoms with Gasteiger partial charge in [0.1, 0.15) is 5.82 Å². The van der Waals surface area contributed by atoms with Crippen LogP contribution < -0.4 is 10.6 Å². The zero-order chi connectivity index (χ0) is 19.8. The van der Waals surface area contributed by atoms with Crippen LogP contribution >= 0.6 is 0 Å². The second kappa shape index (κ2) is 9.65. The molecule has 3 rings (SSSR count). The van der Waals surface area contributed by atoms with Crippen LogP contribution in [0.25, 0.3) is 0 Å².